The Morgan fingerprint density at radius 1 is 1.28 bits per heavy atom. The number of nitrogens with two attached hydrogens (primary N) is 1. The van der Waals surface area contributed by atoms with Crippen molar-refractivity contribution >= 4 is 24.6 Å². The zero-order valence-corrected chi connectivity index (χ0v) is 16.0. The molecule has 1 aliphatic rings. The lowest BCUT2D eigenvalue weighted by Crippen LogP contribution is -2.16. The maximum absolute atomic E-state index is 12.0. The summed E-state index contributed by atoms with van der Waals surface area (Å²) in [6.07, 6.45) is 3.03. The monoisotopic (exact) mass is 391 g/mol. The Bertz CT molecular complexity index is 994. The molecule has 1 aliphatic heterocycles. The van der Waals surface area contributed by atoms with E-state index in [0.717, 1.165) is 5.56 Å². The van der Waals surface area contributed by atoms with E-state index in [0.29, 0.717) is 41.4 Å². The van der Waals surface area contributed by atoms with E-state index in [1.807, 2.05) is 0 Å². The number of rotatable bonds is 7. The van der Waals surface area contributed by atoms with Gasteiger partial charge in [-0.25, -0.2) is 0 Å². The smallest absolute Gasteiger partial charge is 0.248 e. The molecule has 0 spiro atoms. The first-order valence-corrected chi connectivity index (χ1v) is 8.99. The second-order valence-corrected chi connectivity index (χ2v) is 6.32. The number of hydrogen-bond donors (Lipinski definition) is 1. The third-order valence-electron chi connectivity index (χ3n) is 4.44. The number of hydrogen-bond acceptors (Lipinski definition) is 6. The van der Waals surface area contributed by atoms with Crippen molar-refractivity contribution in [3.8, 4) is 11.5 Å². The fourth-order valence-electron chi connectivity index (χ4n) is 2.95. The van der Waals surface area contributed by atoms with E-state index in [-0.39, 0.29) is 5.78 Å². The number of benzene rings is 2. The van der Waals surface area contributed by atoms with Gasteiger partial charge in [0.25, 0.3) is 0 Å². The van der Waals surface area contributed by atoms with Gasteiger partial charge in [0.1, 0.15) is 11.5 Å². The van der Waals surface area contributed by atoms with Gasteiger partial charge in [0.2, 0.25) is 5.91 Å². The molecule has 0 bridgehead atoms. The van der Waals surface area contributed by atoms with Crippen LogP contribution < -0.4 is 15.2 Å². The summed E-state index contributed by atoms with van der Waals surface area (Å²) in [5.74, 6) is 0.532. The van der Waals surface area contributed by atoms with E-state index in [1.54, 1.807) is 61.8 Å². The lowest BCUT2D eigenvalue weighted by Gasteiger charge is -2.22. The van der Waals surface area contributed by atoms with Gasteiger partial charge in [-0.15, -0.1) is 0 Å². The van der Waals surface area contributed by atoms with Crippen LogP contribution in [0.1, 0.15) is 38.8 Å². The van der Waals surface area contributed by atoms with Crippen LogP contribution >= 0.6 is 0 Å². The molecule has 0 aliphatic carbocycles. The number of fused-ring (bicyclic) bond motifs is 1. The number of ether oxygens (including phenoxy) is 2. The van der Waals surface area contributed by atoms with Crippen molar-refractivity contribution in [2.45, 2.75) is 12.5 Å². The first kappa shape index (κ1) is 20.0. The van der Waals surface area contributed by atoms with Gasteiger partial charge in [0, 0.05) is 31.3 Å². The molecule has 2 N–H and O–H groups in total. The average molecular weight is 391 g/mol. The van der Waals surface area contributed by atoms with Gasteiger partial charge in [-0.1, -0.05) is 12.1 Å². The number of allylic oxidation sites excluding steroid dienone is 1. The Morgan fingerprint density at radius 2 is 2.03 bits per heavy atom. The number of aliphatic imine (C=N–C) groups is 2. The SMILES string of the molecule is C=N/C(=C\C=NC)C(Oc1ccc2c(c1)OCCC2=O)c1ccc(C(N)=O)cc1. The fraction of sp³-hybridized carbons (Fsp3) is 0.182. The van der Waals surface area contributed by atoms with E-state index in [9.17, 15) is 9.59 Å². The van der Waals surface area contributed by atoms with Crippen LogP contribution in [0.3, 0.4) is 0 Å². The summed E-state index contributed by atoms with van der Waals surface area (Å²) in [5.41, 5.74) is 7.52. The molecule has 0 saturated carbocycles. The summed E-state index contributed by atoms with van der Waals surface area (Å²) in [7, 11) is 1.65. The van der Waals surface area contributed by atoms with Crippen molar-refractivity contribution in [3.63, 3.8) is 0 Å². The first-order chi connectivity index (χ1) is 14.0. The van der Waals surface area contributed by atoms with Crippen molar-refractivity contribution in [2.75, 3.05) is 13.7 Å². The maximum Gasteiger partial charge on any atom is 0.248 e. The van der Waals surface area contributed by atoms with Gasteiger partial charge in [-0.3, -0.25) is 19.6 Å². The van der Waals surface area contributed by atoms with Crippen LogP contribution in [0, 0.1) is 0 Å². The molecule has 0 radical (unpaired) electrons. The number of ketones is 1. The van der Waals surface area contributed by atoms with Crippen LogP contribution in [0.15, 0.2) is 64.2 Å². The minimum absolute atomic E-state index is 0.0453. The molecule has 2 aromatic carbocycles. The summed E-state index contributed by atoms with van der Waals surface area (Å²) < 4.78 is 11.8. The number of carbonyl (C=O) groups is 2. The second kappa shape index (κ2) is 8.97. The van der Waals surface area contributed by atoms with Crippen molar-refractivity contribution < 1.29 is 19.1 Å². The molecular formula is C22H21N3O4. The quantitative estimate of drug-likeness (QED) is 0.732. The molecule has 1 heterocycles. The van der Waals surface area contributed by atoms with E-state index in [2.05, 4.69) is 16.7 Å². The Balaban J connectivity index is 1.98. The summed E-state index contributed by atoms with van der Waals surface area (Å²) in [6.45, 7) is 3.97. The topological polar surface area (TPSA) is 103 Å². The van der Waals surface area contributed by atoms with Gasteiger partial charge in [0.05, 0.1) is 17.9 Å². The number of Topliss-reactive ketones (excluding diaryl/α,β-unsaturated/α-hetero) is 1. The van der Waals surface area contributed by atoms with Gasteiger partial charge in [0.15, 0.2) is 11.9 Å². The van der Waals surface area contributed by atoms with Crippen LogP contribution in [-0.2, 0) is 0 Å². The van der Waals surface area contributed by atoms with E-state index < -0.39 is 12.0 Å². The third kappa shape index (κ3) is 4.57. The molecule has 2 aromatic rings. The molecular weight excluding hydrogens is 370 g/mol. The van der Waals surface area contributed by atoms with Crippen LogP contribution in [0.25, 0.3) is 0 Å². The molecule has 0 saturated heterocycles. The number of carbonyl (C=O) groups excluding carboxylic acids is 2. The molecule has 0 aromatic heterocycles. The number of nitrogens with zero attached hydrogens (tertiary/aromatic N) is 2. The van der Waals surface area contributed by atoms with Crippen LogP contribution in [0.2, 0.25) is 0 Å². The van der Waals surface area contributed by atoms with Gasteiger partial charge in [-0.2, -0.15) is 0 Å². The molecule has 1 atom stereocenters. The van der Waals surface area contributed by atoms with Crippen molar-refractivity contribution in [2.24, 2.45) is 15.7 Å². The molecule has 1 unspecified atom stereocenters. The molecule has 3 rings (SSSR count). The average Bonchev–Trinajstić information content (AvgIpc) is 2.73. The predicted octanol–water partition coefficient (Wildman–Crippen LogP) is 3.16. The molecule has 7 heteroatoms. The van der Waals surface area contributed by atoms with Crippen molar-refractivity contribution in [3.05, 3.63) is 70.9 Å². The largest absolute Gasteiger partial charge is 0.492 e. The zero-order valence-electron chi connectivity index (χ0n) is 16.0. The lowest BCUT2D eigenvalue weighted by atomic mass is 10.0. The van der Waals surface area contributed by atoms with Crippen LogP contribution in [-0.4, -0.2) is 38.3 Å². The zero-order chi connectivity index (χ0) is 20.8. The van der Waals surface area contributed by atoms with E-state index in [4.69, 9.17) is 15.2 Å². The number of primary amides is 1. The van der Waals surface area contributed by atoms with E-state index >= 15 is 0 Å². The fourth-order valence-corrected chi connectivity index (χ4v) is 2.95. The summed E-state index contributed by atoms with van der Waals surface area (Å²) in [5, 5.41) is 0. The van der Waals surface area contributed by atoms with Crippen LogP contribution in [0.4, 0.5) is 0 Å². The number of amides is 1. The van der Waals surface area contributed by atoms with Gasteiger partial charge < -0.3 is 15.2 Å². The van der Waals surface area contributed by atoms with Crippen molar-refractivity contribution in [1.82, 2.24) is 0 Å². The minimum Gasteiger partial charge on any atom is -0.492 e. The highest BCUT2D eigenvalue weighted by molar-refractivity contribution is 5.99. The Labute approximate surface area is 168 Å². The van der Waals surface area contributed by atoms with E-state index in [1.165, 1.54) is 0 Å². The molecule has 7 nitrogen and oxygen atoms in total. The Kier molecular flexibility index (Phi) is 6.19. The van der Waals surface area contributed by atoms with Crippen LogP contribution in [0.5, 0.6) is 11.5 Å². The Morgan fingerprint density at radius 3 is 2.69 bits per heavy atom. The highest BCUT2D eigenvalue weighted by Crippen LogP contribution is 2.34. The van der Waals surface area contributed by atoms with Crippen molar-refractivity contribution in [1.29, 1.82) is 0 Å². The standard InChI is InChI=1S/C22H21N3O4/c1-24-11-9-18(25-2)21(14-3-5-15(6-4-14)22(23)27)29-16-7-8-17-19(26)10-12-28-20(17)13-16/h3-9,11,13,21H,2,10,12H2,1H3,(H2,23,27)/b18-9-,24-11?. The second-order valence-electron chi connectivity index (χ2n) is 6.32. The highest BCUT2D eigenvalue weighted by atomic mass is 16.5. The summed E-state index contributed by atoms with van der Waals surface area (Å²) in [6, 6.07) is 11.8. The molecule has 148 valence electrons. The van der Waals surface area contributed by atoms with Gasteiger partial charge in [-0.05, 0) is 42.6 Å². The lowest BCUT2D eigenvalue weighted by molar-refractivity contribution is 0.0932. The maximum atomic E-state index is 12.0. The summed E-state index contributed by atoms with van der Waals surface area (Å²) in [4.78, 5) is 31.4. The normalized spacial score (nSPS) is 14.8. The predicted molar refractivity (Wildman–Crippen MR) is 111 cm³/mol. The van der Waals surface area contributed by atoms with Gasteiger partial charge >= 0.3 is 0 Å². The molecule has 1 amide bonds. The highest BCUT2D eigenvalue weighted by Gasteiger charge is 2.22. The molecule has 0 fully saturated rings. The molecule has 29 heavy (non-hydrogen) atoms. The summed E-state index contributed by atoms with van der Waals surface area (Å²) >= 11 is 0. The first-order valence-electron chi connectivity index (χ1n) is 8.99. The third-order valence-corrected chi connectivity index (χ3v) is 4.44. The Hall–Kier alpha value is -3.74. The minimum atomic E-state index is -0.621.